The second-order valence-corrected chi connectivity index (χ2v) is 2.87. The molecule has 52 valence electrons. The fourth-order valence-electron chi connectivity index (χ4n) is 1.35. The highest BCUT2D eigenvalue weighted by Gasteiger charge is 2.23. The lowest BCUT2D eigenvalue weighted by molar-refractivity contribution is 0.537. The van der Waals surface area contributed by atoms with Crippen LogP contribution in [-0.2, 0) is 0 Å². The van der Waals surface area contributed by atoms with E-state index in [0.717, 1.165) is 12.8 Å². The first-order chi connectivity index (χ1) is 4.86. The van der Waals surface area contributed by atoms with Gasteiger partial charge in [-0.05, 0) is 18.9 Å². The average molecular weight is 134 g/mol. The summed E-state index contributed by atoms with van der Waals surface area (Å²) < 4.78 is 0. The van der Waals surface area contributed by atoms with E-state index in [-0.39, 0.29) is 0 Å². The van der Waals surface area contributed by atoms with Crippen LogP contribution in [0.15, 0.2) is 24.4 Å². The first-order valence-electron chi connectivity index (χ1n) is 3.52. The molecule has 0 aliphatic heterocycles. The van der Waals surface area contributed by atoms with Gasteiger partial charge >= 0.3 is 0 Å². The number of nitrogens with zero attached hydrogens (tertiary/aromatic N) is 1. The minimum Gasteiger partial charge on any atom is -0.282 e. The molecule has 0 bridgehead atoms. The van der Waals surface area contributed by atoms with Gasteiger partial charge in [-0.2, -0.15) is 5.10 Å². The molecule has 0 spiro atoms. The van der Waals surface area contributed by atoms with Crippen LogP contribution >= 0.6 is 0 Å². The quantitative estimate of drug-likeness (QED) is 0.583. The standard InChI is InChI=1S/C8H10N2/c1-6-4-7(5-6)8-2-3-9-10-8/h2-3,7H,1,4-5H2,(H,9,10). The van der Waals surface area contributed by atoms with Gasteiger partial charge in [0.25, 0.3) is 0 Å². The Kier molecular flexibility index (Phi) is 1.13. The fraction of sp³-hybridized carbons (Fsp3) is 0.375. The van der Waals surface area contributed by atoms with Crippen LogP contribution in [0.3, 0.4) is 0 Å². The van der Waals surface area contributed by atoms with Crippen molar-refractivity contribution >= 4 is 0 Å². The smallest absolute Gasteiger partial charge is 0.0490 e. The molecule has 0 unspecified atom stereocenters. The van der Waals surface area contributed by atoms with Gasteiger partial charge in [0.2, 0.25) is 0 Å². The van der Waals surface area contributed by atoms with Crippen molar-refractivity contribution in [2.24, 2.45) is 0 Å². The van der Waals surface area contributed by atoms with Gasteiger partial charge in [-0.3, -0.25) is 5.10 Å². The number of rotatable bonds is 1. The van der Waals surface area contributed by atoms with E-state index in [0.29, 0.717) is 5.92 Å². The number of aromatic amines is 1. The van der Waals surface area contributed by atoms with Crippen molar-refractivity contribution in [3.63, 3.8) is 0 Å². The van der Waals surface area contributed by atoms with Crippen LogP contribution in [-0.4, -0.2) is 10.2 Å². The second kappa shape index (κ2) is 1.97. The SMILES string of the molecule is C=C1CC(c2ccn[nH]2)C1. The number of hydrogen-bond donors (Lipinski definition) is 1. The maximum Gasteiger partial charge on any atom is 0.0490 e. The first kappa shape index (κ1) is 5.71. The Balaban J connectivity index is 2.10. The minimum absolute atomic E-state index is 0.676. The van der Waals surface area contributed by atoms with Gasteiger partial charge in [0.15, 0.2) is 0 Å². The minimum atomic E-state index is 0.676. The molecule has 0 saturated heterocycles. The number of nitrogens with one attached hydrogen (secondary N) is 1. The van der Waals surface area contributed by atoms with Crippen LogP contribution in [0.1, 0.15) is 24.5 Å². The maximum atomic E-state index is 3.90. The van der Waals surface area contributed by atoms with Gasteiger partial charge in [-0.1, -0.05) is 12.2 Å². The Morgan fingerprint density at radius 2 is 2.40 bits per heavy atom. The van der Waals surface area contributed by atoms with Crippen molar-refractivity contribution in [2.45, 2.75) is 18.8 Å². The first-order valence-corrected chi connectivity index (χ1v) is 3.52. The van der Waals surface area contributed by atoms with E-state index in [4.69, 9.17) is 0 Å². The molecule has 1 heterocycles. The summed E-state index contributed by atoms with van der Waals surface area (Å²) in [5.41, 5.74) is 2.62. The van der Waals surface area contributed by atoms with E-state index in [9.17, 15) is 0 Å². The van der Waals surface area contributed by atoms with Crippen LogP contribution in [0.25, 0.3) is 0 Å². The summed E-state index contributed by atoms with van der Waals surface area (Å²) in [6, 6.07) is 2.04. The summed E-state index contributed by atoms with van der Waals surface area (Å²) in [6.07, 6.45) is 4.08. The van der Waals surface area contributed by atoms with Crippen LogP contribution in [0, 0.1) is 0 Å². The molecule has 1 aliphatic carbocycles. The lowest BCUT2D eigenvalue weighted by Crippen LogP contribution is -2.11. The highest BCUT2D eigenvalue weighted by atomic mass is 15.1. The Morgan fingerprint density at radius 1 is 1.60 bits per heavy atom. The Labute approximate surface area is 60.0 Å². The molecule has 1 fully saturated rings. The molecule has 2 heteroatoms. The number of H-pyrrole nitrogens is 1. The van der Waals surface area contributed by atoms with Crippen molar-refractivity contribution in [3.8, 4) is 0 Å². The molecule has 2 rings (SSSR count). The molecule has 0 radical (unpaired) electrons. The maximum absolute atomic E-state index is 3.90. The van der Waals surface area contributed by atoms with Gasteiger partial charge in [0.05, 0.1) is 0 Å². The van der Waals surface area contributed by atoms with Crippen molar-refractivity contribution in [1.82, 2.24) is 10.2 Å². The van der Waals surface area contributed by atoms with E-state index in [1.807, 2.05) is 6.07 Å². The highest BCUT2D eigenvalue weighted by molar-refractivity contribution is 5.21. The molecule has 1 saturated carbocycles. The van der Waals surface area contributed by atoms with Crippen LogP contribution in [0.4, 0.5) is 0 Å². The third-order valence-electron chi connectivity index (χ3n) is 2.03. The summed E-state index contributed by atoms with van der Waals surface area (Å²) in [4.78, 5) is 0. The van der Waals surface area contributed by atoms with Gasteiger partial charge < -0.3 is 0 Å². The molecule has 10 heavy (non-hydrogen) atoms. The fourth-order valence-corrected chi connectivity index (χ4v) is 1.35. The summed E-state index contributed by atoms with van der Waals surface area (Å²) in [5.74, 6) is 0.676. The molecule has 0 amide bonds. The molecule has 0 atom stereocenters. The van der Waals surface area contributed by atoms with E-state index >= 15 is 0 Å². The van der Waals surface area contributed by atoms with E-state index < -0.39 is 0 Å². The Hall–Kier alpha value is -1.05. The molecular weight excluding hydrogens is 124 g/mol. The van der Waals surface area contributed by atoms with Crippen LogP contribution in [0.5, 0.6) is 0 Å². The summed E-state index contributed by atoms with van der Waals surface area (Å²) >= 11 is 0. The average Bonchev–Trinajstić information content (AvgIpc) is 2.31. The van der Waals surface area contributed by atoms with Gasteiger partial charge in [-0.15, -0.1) is 0 Å². The zero-order valence-corrected chi connectivity index (χ0v) is 5.80. The summed E-state index contributed by atoms with van der Waals surface area (Å²) in [6.45, 7) is 3.89. The monoisotopic (exact) mass is 134 g/mol. The summed E-state index contributed by atoms with van der Waals surface area (Å²) in [7, 11) is 0. The molecule has 1 aliphatic rings. The molecule has 0 aromatic carbocycles. The third kappa shape index (κ3) is 0.764. The molecular formula is C8H10N2. The van der Waals surface area contributed by atoms with Crippen molar-refractivity contribution < 1.29 is 0 Å². The zero-order valence-electron chi connectivity index (χ0n) is 5.80. The second-order valence-electron chi connectivity index (χ2n) is 2.87. The zero-order chi connectivity index (χ0) is 6.97. The van der Waals surface area contributed by atoms with Crippen molar-refractivity contribution in [2.75, 3.05) is 0 Å². The number of hydrogen-bond acceptors (Lipinski definition) is 1. The van der Waals surface area contributed by atoms with Crippen molar-refractivity contribution in [1.29, 1.82) is 0 Å². The Morgan fingerprint density at radius 3 is 2.90 bits per heavy atom. The van der Waals surface area contributed by atoms with Crippen LogP contribution < -0.4 is 0 Å². The predicted octanol–water partition coefficient (Wildman–Crippen LogP) is 1.84. The van der Waals surface area contributed by atoms with E-state index in [1.165, 1.54) is 11.3 Å². The molecule has 2 nitrogen and oxygen atoms in total. The highest BCUT2D eigenvalue weighted by Crippen LogP contribution is 2.38. The van der Waals surface area contributed by atoms with Gasteiger partial charge in [0.1, 0.15) is 0 Å². The summed E-state index contributed by atoms with van der Waals surface area (Å²) in [5, 5.41) is 6.86. The third-order valence-corrected chi connectivity index (χ3v) is 2.03. The van der Waals surface area contributed by atoms with Crippen molar-refractivity contribution in [3.05, 3.63) is 30.1 Å². The Bertz CT molecular complexity index is 228. The van der Waals surface area contributed by atoms with Crippen LogP contribution in [0.2, 0.25) is 0 Å². The van der Waals surface area contributed by atoms with E-state index in [2.05, 4.69) is 16.8 Å². The number of allylic oxidation sites excluding steroid dienone is 1. The lowest BCUT2D eigenvalue weighted by atomic mass is 9.79. The molecule has 1 N–H and O–H groups in total. The normalized spacial score (nSPS) is 19.0. The predicted molar refractivity (Wildman–Crippen MR) is 39.7 cm³/mol. The van der Waals surface area contributed by atoms with Gasteiger partial charge in [-0.25, -0.2) is 0 Å². The van der Waals surface area contributed by atoms with E-state index in [1.54, 1.807) is 6.20 Å². The largest absolute Gasteiger partial charge is 0.282 e. The molecule has 1 aromatic rings. The number of aromatic nitrogens is 2. The topological polar surface area (TPSA) is 28.7 Å². The lowest BCUT2D eigenvalue weighted by Gasteiger charge is -2.26. The van der Waals surface area contributed by atoms with Gasteiger partial charge in [0, 0.05) is 17.8 Å². The molecule has 1 aromatic heterocycles.